The molecule has 0 aromatic heterocycles. The maximum absolute atomic E-state index is 14.0. The molecule has 1 saturated heterocycles. The first-order valence-corrected chi connectivity index (χ1v) is 17.8. The first kappa shape index (κ1) is 33.5. The zero-order chi connectivity index (χ0) is 33.0. The average molecular weight is 643 g/mol. The van der Waals surface area contributed by atoms with Crippen molar-refractivity contribution in [2.45, 2.75) is 135 Å². The highest BCUT2D eigenvalue weighted by atomic mass is 16.7. The van der Waals surface area contributed by atoms with Gasteiger partial charge in [-0.1, -0.05) is 33.1 Å². The Hall–Kier alpha value is -2.41. The average Bonchev–Trinajstić information content (AvgIpc) is 3.29. The van der Waals surface area contributed by atoms with E-state index in [2.05, 4.69) is 50.2 Å². The van der Waals surface area contributed by atoms with Crippen molar-refractivity contribution in [2.75, 3.05) is 6.54 Å². The molecular weight excluding hydrogens is 587 g/mol. The lowest BCUT2D eigenvalue weighted by atomic mass is 9.43. The summed E-state index contributed by atoms with van der Waals surface area (Å²) in [6.07, 6.45) is 11.3. The third kappa shape index (κ3) is 6.64. The fraction of sp³-hybridized carbons (Fsp3) is 0.909. The van der Waals surface area contributed by atoms with Gasteiger partial charge in [-0.3, -0.25) is 9.59 Å². The van der Waals surface area contributed by atoms with Crippen LogP contribution in [0.5, 0.6) is 0 Å². The number of nitrogens with one attached hydrogen (secondary N) is 3. The molecule has 13 heteroatoms. The molecule has 1 aliphatic heterocycles. The van der Waals surface area contributed by atoms with Gasteiger partial charge in [0.05, 0.1) is 17.6 Å². The number of carbonyl (C=O) groups is 2. The molecule has 6 bridgehead atoms. The quantitative estimate of drug-likeness (QED) is 0.0588. The van der Waals surface area contributed by atoms with Crippen LogP contribution in [0.3, 0.4) is 0 Å². The van der Waals surface area contributed by atoms with Crippen LogP contribution < -0.4 is 21.8 Å². The summed E-state index contributed by atoms with van der Waals surface area (Å²) in [4.78, 5) is 42.4. The summed E-state index contributed by atoms with van der Waals surface area (Å²) in [5.41, 5.74) is 7.32. The van der Waals surface area contributed by atoms with Crippen LogP contribution in [0.25, 0.3) is 0 Å². The van der Waals surface area contributed by atoms with Crippen LogP contribution in [0.4, 0.5) is 0 Å². The summed E-state index contributed by atoms with van der Waals surface area (Å²) in [7, 11) is -0.558. The van der Waals surface area contributed by atoms with E-state index in [9.17, 15) is 19.7 Å². The number of hydrazine groups is 1. The van der Waals surface area contributed by atoms with Crippen LogP contribution in [0.1, 0.15) is 112 Å². The minimum Gasteiger partial charge on any atom is -0.404 e. The molecule has 2 amide bonds. The molecular formula is C33H55BN6O6. The number of guanidine groups is 1. The van der Waals surface area contributed by atoms with Gasteiger partial charge in [-0.2, -0.15) is 0 Å². The van der Waals surface area contributed by atoms with Crippen LogP contribution in [-0.4, -0.2) is 60.2 Å². The fourth-order valence-electron chi connectivity index (χ4n) is 11.1. The number of hydrogen-bond donors (Lipinski definition) is 4. The van der Waals surface area contributed by atoms with Crippen molar-refractivity contribution in [1.82, 2.24) is 16.1 Å². The van der Waals surface area contributed by atoms with E-state index in [1.165, 1.54) is 19.3 Å². The summed E-state index contributed by atoms with van der Waals surface area (Å²) in [5, 5.41) is 16.3. The second kappa shape index (κ2) is 12.6. The molecule has 5 N–H and O–H groups in total. The van der Waals surface area contributed by atoms with Gasteiger partial charge in [0.1, 0.15) is 6.04 Å². The lowest BCUT2D eigenvalue weighted by Gasteiger charge is -2.64. The largest absolute Gasteiger partial charge is 0.481 e. The Balaban J connectivity index is 1.13. The SMILES string of the molecule is CC(C)C[C@H](NC(=O)[C@H](CCCN=C(N)N[N+](=O)[O-])NC(=O)CC12CC3CC(CC(C3)C1)C2)B1O[C@@H]2C[C@H]3C[C@H](C3(C)C)[C@]2(C)O1. The molecule has 0 aromatic rings. The first-order chi connectivity index (χ1) is 21.7. The molecule has 256 valence electrons. The van der Waals surface area contributed by atoms with Crippen molar-refractivity contribution in [1.29, 1.82) is 0 Å². The maximum atomic E-state index is 14.0. The highest BCUT2D eigenvalue weighted by Gasteiger charge is 2.68. The van der Waals surface area contributed by atoms with Gasteiger partial charge in [-0.25, -0.2) is 15.1 Å². The molecule has 8 aliphatic rings. The van der Waals surface area contributed by atoms with E-state index in [1.54, 1.807) is 0 Å². The third-order valence-corrected chi connectivity index (χ3v) is 12.8. The number of aliphatic imine (C=N–C) groups is 1. The van der Waals surface area contributed by atoms with Gasteiger partial charge >= 0.3 is 7.12 Å². The summed E-state index contributed by atoms with van der Waals surface area (Å²) in [6, 6.07) is -0.776. The number of nitrogens with zero attached hydrogens (tertiary/aromatic N) is 2. The molecule has 0 spiro atoms. The smallest absolute Gasteiger partial charge is 0.404 e. The second-order valence-electron chi connectivity index (χ2n) is 17.1. The van der Waals surface area contributed by atoms with Gasteiger partial charge < -0.3 is 25.7 Å². The summed E-state index contributed by atoms with van der Waals surface area (Å²) < 4.78 is 13.3. The highest BCUT2D eigenvalue weighted by molar-refractivity contribution is 6.48. The Morgan fingerprint density at radius 1 is 1.04 bits per heavy atom. The van der Waals surface area contributed by atoms with Crippen molar-refractivity contribution >= 4 is 24.9 Å². The van der Waals surface area contributed by atoms with E-state index in [1.807, 2.05) is 5.43 Å². The van der Waals surface area contributed by atoms with Crippen molar-refractivity contribution in [3.63, 3.8) is 0 Å². The normalized spacial score (nSPS) is 38.1. The molecule has 12 nitrogen and oxygen atoms in total. The minimum atomic E-state index is -0.776. The van der Waals surface area contributed by atoms with Gasteiger partial charge in [0, 0.05) is 13.0 Å². The van der Waals surface area contributed by atoms with E-state index >= 15 is 0 Å². The Kier molecular flexibility index (Phi) is 9.15. The number of nitrogens with two attached hydrogens (primary N) is 1. The summed E-state index contributed by atoms with van der Waals surface area (Å²) in [6.45, 7) is 11.3. The standard InChI is InChI=1S/C33H55BN6O6/c1-19(2)9-27(34-45-26-14-23-13-25(31(23,3)4)32(26,5)46-34)38-29(42)24(7-6-8-36-30(35)39-40(43)44)37-28(41)18-33-15-20-10-21(16-33)12-22(11-20)17-33/h19-27H,6-18H2,1-5H3,(H,37,41)(H,38,42)(H3,35,36,39)/t20?,21?,22?,23-,24+,25-,26-,27+,32+,33?/m1/s1. The number of amides is 2. The third-order valence-electron chi connectivity index (χ3n) is 12.8. The van der Waals surface area contributed by atoms with E-state index in [-0.39, 0.29) is 58.7 Å². The van der Waals surface area contributed by atoms with E-state index in [4.69, 9.17) is 15.0 Å². The molecule has 7 saturated carbocycles. The van der Waals surface area contributed by atoms with Crippen LogP contribution in [0.15, 0.2) is 4.99 Å². The van der Waals surface area contributed by atoms with Gasteiger partial charge in [0.2, 0.25) is 11.8 Å². The molecule has 0 radical (unpaired) electrons. The van der Waals surface area contributed by atoms with Crippen LogP contribution in [0, 0.1) is 56.5 Å². The Morgan fingerprint density at radius 2 is 1.70 bits per heavy atom. The Bertz CT molecular complexity index is 1190. The van der Waals surface area contributed by atoms with Gasteiger partial charge in [-0.05, 0) is 124 Å². The number of nitro groups is 1. The van der Waals surface area contributed by atoms with Gasteiger partial charge in [0.15, 0.2) is 5.03 Å². The zero-order valence-corrected chi connectivity index (χ0v) is 28.4. The van der Waals surface area contributed by atoms with Gasteiger partial charge in [0.25, 0.3) is 5.96 Å². The number of hydrogen-bond acceptors (Lipinski definition) is 7. The van der Waals surface area contributed by atoms with E-state index in [0.29, 0.717) is 37.5 Å². The van der Waals surface area contributed by atoms with Crippen LogP contribution in [0.2, 0.25) is 0 Å². The van der Waals surface area contributed by atoms with Crippen molar-refractivity contribution < 1.29 is 23.9 Å². The molecule has 7 aliphatic carbocycles. The molecule has 46 heavy (non-hydrogen) atoms. The number of rotatable bonds is 13. The predicted octanol–water partition coefficient (Wildman–Crippen LogP) is 3.75. The molecule has 0 unspecified atom stereocenters. The fourth-order valence-corrected chi connectivity index (χ4v) is 11.1. The molecule has 6 atom stereocenters. The van der Waals surface area contributed by atoms with E-state index < -0.39 is 18.2 Å². The highest BCUT2D eigenvalue weighted by Crippen LogP contribution is 2.66. The zero-order valence-electron chi connectivity index (χ0n) is 28.4. The monoisotopic (exact) mass is 642 g/mol. The minimum absolute atomic E-state index is 0.00714. The van der Waals surface area contributed by atoms with Crippen molar-refractivity contribution in [3.8, 4) is 0 Å². The first-order valence-electron chi connectivity index (χ1n) is 17.8. The number of carbonyl (C=O) groups excluding carboxylic acids is 2. The van der Waals surface area contributed by atoms with Gasteiger partial charge in [-0.15, -0.1) is 0 Å². The van der Waals surface area contributed by atoms with Crippen LogP contribution >= 0.6 is 0 Å². The topological polar surface area (TPSA) is 170 Å². The lowest BCUT2D eigenvalue weighted by Crippen LogP contribution is -2.65. The van der Waals surface area contributed by atoms with Crippen LogP contribution in [-0.2, 0) is 18.9 Å². The molecule has 1 heterocycles. The maximum Gasteiger partial charge on any atom is 0.481 e. The Labute approximate surface area is 273 Å². The van der Waals surface area contributed by atoms with E-state index in [0.717, 1.165) is 49.9 Å². The molecule has 0 aromatic carbocycles. The predicted molar refractivity (Wildman–Crippen MR) is 175 cm³/mol. The Morgan fingerprint density at radius 3 is 2.28 bits per heavy atom. The molecule has 8 rings (SSSR count). The summed E-state index contributed by atoms with van der Waals surface area (Å²) >= 11 is 0. The lowest BCUT2D eigenvalue weighted by molar-refractivity contribution is -0.525. The van der Waals surface area contributed by atoms with Crippen molar-refractivity contribution in [2.24, 2.45) is 57.1 Å². The summed E-state index contributed by atoms with van der Waals surface area (Å²) in [5.74, 6) is 2.54. The molecule has 8 fully saturated rings. The van der Waals surface area contributed by atoms with Crippen molar-refractivity contribution in [3.05, 3.63) is 10.1 Å². The second-order valence-corrected chi connectivity index (χ2v) is 17.1.